The van der Waals surface area contributed by atoms with Gasteiger partial charge < -0.3 is 19.7 Å². The van der Waals surface area contributed by atoms with Crippen LogP contribution in [0.1, 0.15) is 50.8 Å². The van der Waals surface area contributed by atoms with Crippen LogP contribution in [0.4, 0.5) is 5.69 Å². The highest BCUT2D eigenvalue weighted by atomic mass is 32.2. The minimum absolute atomic E-state index is 0.0655. The van der Waals surface area contributed by atoms with E-state index in [-0.39, 0.29) is 23.1 Å². The Hall–Kier alpha value is -4.05. The van der Waals surface area contributed by atoms with E-state index in [4.69, 9.17) is 9.47 Å². The molecule has 0 aliphatic heterocycles. The summed E-state index contributed by atoms with van der Waals surface area (Å²) in [5, 5.41) is 2.98. The number of carbonyl (C=O) groups excluding carboxylic acids is 2. The van der Waals surface area contributed by atoms with Crippen LogP contribution in [0, 0.1) is 13.8 Å². The fourth-order valence-electron chi connectivity index (χ4n) is 4.88. The van der Waals surface area contributed by atoms with Gasteiger partial charge in [0.15, 0.2) is 11.5 Å². The Morgan fingerprint density at radius 3 is 2.02 bits per heavy atom. The number of nitrogens with one attached hydrogen (secondary N) is 1. The number of nitrogens with zero attached hydrogens (tertiary/aromatic N) is 2. The molecule has 3 aromatic rings. The number of hydrogen-bond acceptors (Lipinski definition) is 6. The van der Waals surface area contributed by atoms with Crippen molar-refractivity contribution < 1.29 is 27.5 Å². The van der Waals surface area contributed by atoms with Gasteiger partial charge in [0.25, 0.3) is 10.0 Å². The smallest absolute Gasteiger partial charge is 0.264 e. The second-order valence-electron chi connectivity index (χ2n) is 11.5. The van der Waals surface area contributed by atoms with E-state index in [1.165, 1.54) is 37.3 Å². The zero-order chi connectivity index (χ0) is 31.9. The summed E-state index contributed by atoms with van der Waals surface area (Å²) in [7, 11) is -1.39. The maximum absolute atomic E-state index is 14.3. The normalized spacial score (nSPS) is 12.3. The molecular formula is C33H43N3O6S. The zero-order valence-electron chi connectivity index (χ0n) is 26.3. The van der Waals surface area contributed by atoms with Crippen LogP contribution in [0.25, 0.3) is 0 Å². The maximum atomic E-state index is 14.3. The Labute approximate surface area is 255 Å². The van der Waals surface area contributed by atoms with Gasteiger partial charge in [-0.2, -0.15) is 0 Å². The fraction of sp³-hybridized carbons (Fsp3) is 0.394. The second kappa shape index (κ2) is 13.9. The molecule has 0 saturated heterocycles. The van der Waals surface area contributed by atoms with Gasteiger partial charge >= 0.3 is 0 Å². The standard InChI is InChI=1S/C33H43N3O6S/c1-9-28(32(38)34-33(4,5)6)35(21-25-13-11-10-12-14-25)31(37)22-36(26-18-23(2)17-24(3)19-26)43(39,40)27-15-16-29(41-7)30(20-27)42-8/h10-20,28H,9,21-22H2,1-8H3,(H,34,38). The number of aryl methyl sites for hydroxylation is 2. The summed E-state index contributed by atoms with van der Waals surface area (Å²) in [6, 6.07) is 18.2. The van der Waals surface area contributed by atoms with Crippen LogP contribution in [-0.4, -0.2) is 57.5 Å². The molecule has 0 fully saturated rings. The van der Waals surface area contributed by atoms with Crippen LogP contribution in [0.15, 0.2) is 71.6 Å². The van der Waals surface area contributed by atoms with Gasteiger partial charge in [-0.25, -0.2) is 8.42 Å². The van der Waals surface area contributed by atoms with E-state index >= 15 is 0 Å². The van der Waals surface area contributed by atoms with Gasteiger partial charge in [-0.1, -0.05) is 43.3 Å². The van der Waals surface area contributed by atoms with Gasteiger partial charge in [-0.15, -0.1) is 0 Å². The van der Waals surface area contributed by atoms with Crippen molar-refractivity contribution >= 4 is 27.5 Å². The van der Waals surface area contributed by atoms with Crippen molar-refractivity contribution in [1.29, 1.82) is 0 Å². The molecule has 0 heterocycles. The Morgan fingerprint density at radius 2 is 1.49 bits per heavy atom. The van der Waals surface area contributed by atoms with Gasteiger partial charge in [-0.05, 0) is 82.0 Å². The number of methoxy groups -OCH3 is 2. The summed E-state index contributed by atoms with van der Waals surface area (Å²) < 4.78 is 40.3. The lowest BCUT2D eigenvalue weighted by molar-refractivity contribution is -0.141. The maximum Gasteiger partial charge on any atom is 0.264 e. The van der Waals surface area contributed by atoms with Crippen molar-refractivity contribution in [2.24, 2.45) is 0 Å². The lowest BCUT2D eigenvalue weighted by atomic mass is 10.1. The van der Waals surface area contributed by atoms with Crippen molar-refractivity contribution in [3.8, 4) is 11.5 Å². The quantitative estimate of drug-likeness (QED) is 0.301. The highest BCUT2D eigenvalue weighted by Crippen LogP contribution is 2.33. The number of ether oxygens (including phenoxy) is 2. The number of benzene rings is 3. The molecule has 3 rings (SSSR count). The largest absolute Gasteiger partial charge is 0.493 e. The highest BCUT2D eigenvalue weighted by molar-refractivity contribution is 7.92. The predicted octanol–water partition coefficient (Wildman–Crippen LogP) is 5.24. The first-order valence-electron chi connectivity index (χ1n) is 14.2. The van der Waals surface area contributed by atoms with Gasteiger partial charge in [-0.3, -0.25) is 13.9 Å². The first-order chi connectivity index (χ1) is 20.2. The molecule has 1 N–H and O–H groups in total. The topological polar surface area (TPSA) is 105 Å². The summed E-state index contributed by atoms with van der Waals surface area (Å²) in [4.78, 5) is 29.1. The van der Waals surface area contributed by atoms with Crippen molar-refractivity contribution in [2.45, 2.75) is 71.0 Å². The third-order valence-electron chi connectivity index (χ3n) is 6.80. The highest BCUT2D eigenvalue weighted by Gasteiger charge is 2.35. The molecule has 0 radical (unpaired) electrons. The predicted molar refractivity (Wildman–Crippen MR) is 169 cm³/mol. The molecule has 0 saturated carbocycles. The summed E-state index contributed by atoms with van der Waals surface area (Å²) in [5.74, 6) is -0.200. The third-order valence-corrected chi connectivity index (χ3v) is 8.57. The number of rotatable bonds is 12. The van der Waals surface area contributed by atoms with Crippen molar-refractivity contribution in [3.05, 3.63) is 83.4 Å². The van der Waals surface area contributed by atoms with E-state index in [0.717, 1.165) is 21.0 Å². The van der Waals surface area contributed by atoms with Gasteiger partial charge in [0.1, 0.15) is 12.6 Å². The Kier molecular flexibility index (Phi) is 10.9. The first kappa shape index (κ1) is 33.5. The van der Waals surface area contributed by atoms with E-state index < -0.39 is 34.1 Å². The van der Waals surface area contributed by atoms with Crippen LogP contribution in [0.3, 0.4) is 0 Å². The summed E-state index contributed by atoms with van der Waals surface area (Å²) in [6.45, 7) is 10.8. The average molecular weight is 610 g/mol. The van der Waals surface area contributed by atoms with Crippen LogP contribution < -0.4 is 19.1 Å². The molecule has 1 atom stereocenters. The molecule has 0 bridgehead atoms. The lowest BCUT2D eigenvalue weighted by Crippen LogP contribution is -2.55. The van der Waals surface area contributed by atoms with Crippen molar-refractivity contribution in [3.63, 3.8) is 0 Å². The summed E-state index contributed by atoms with van der Waals surface area (Å²) in [6.07, 6.45) is 0.340. The summed E-state index contributed by atoms with van der Waals surface area (Å²) in [5.41, 5.74) is 2.32. The molecular weight excluding hydrogens is 566 g/mol. The Bertz CT molecular complexity index is 1510. The van der Waals surface area contributed by atoms with Gasteiger partial charge in [0.05, 0.1) is 24.8 Å². The summed E-state index contributed by atoms with van der Waals surface area (Å²) >= 11 is 0. The number of hydrogen-bond donors (Lipinski definition) is 1. The molecule has 3 aromatic carbocycles. The van der Waals surface area contributed by atoms with Crippen LogP contribution in [-0.2, 0) is 26.2 Å². The van der Waals surface area contributed by atoms with Crippen molar-refractivity contribution in [2.75, 3.05) is 25.1 Å². The fourth-order valence-corrected chi connectivity index (χ4v) is 6.29. The van der Waals surface area contributed by atoms with Crippen LogP contribution in [0.2, 0.25) is 0 Å². The number of anilines is 1. The SMILES string of the molecule is CCC(C(=O)NC(C)(C)C)N(Cc1ccccc1)C(=O)CN(c1cc(C)cc(C)c1)S(=O)(=O)c1ccc(OC)c(OC)c1. The van der Waals surface area contributed by atoms with Crippen molar-refractivity contribution in [1.82, 2.24) is 10.2 Å². The van der Waals surface area contributed by atoms with E-state index in [9.17, 15) is 18.0 Å². The Morgan fingerprint density at radius 1 is 0.884 bits per heavy atom. The zero-order valence-corrected chi connectivity index (χ0v) is 27.1. The number of amides is 2. The first-order valence-corrected chi connectivity index (χ1v) is 15.6. The molecule has 10 heteroatoms. The molecule has 0 aliphatic rings. The Balaban J connectivity index is 2.14. The molecule has 2 amide bonds. The van der Waals surface area contributed by atoms with E-state index in [2.05, 4.69) is 5.32 Å². The molecule has 232 valence electrons. The molecule has 0 spiro atoms. The second-order valence-corrected chi connectivity index (χ2v) is 13.4. The van der Waals surface area contributed by atoms with Gasteiger partial charge in [0, 0.05) is 18.2 Å². The minimum atomic E-state index is -4.28. The van der Waals surface area contributed by atoms with Crippen LogP contribution >= 0.6 is 0 Å². The monoisotopic (exact) mass is 609 g/mol. The van der Waals surface area contributed by atoms with E-state index in [1.807, 2.05) is 77.9 Å². The molecule has 1 unspecified atom stereocenters. The van der Waals surface area contributed by atoms with E-state index in [0.29, 0.717) is 17.9 Å². The third kappa shape index (κ3) is 8.50. The van der Waals surface area contributed by atoms with Gasteiger partial charge in [0.2, 0.25) is 11.8 Å². The average Bonchev–Trinajstić information content (AvgIpc) is 2.94. The molecule has 0 aliphatic carbocycles. The van der Waals surface area contributed by atoms with E-state index in [1.54, 1.807) is 12.1 Å². The minimum Gasteiger partial charge on any atom is -0.493 e. The number of sulfonamides is 1. The van der Waals surface area contributed by atoms with Crippen LogP contribution in [0.5, 0.6) is 11.5 Å². The molecule has 0 aromatic heterocycles. The number of carbonyl (C=O) groups is 2. The molecule has 43 heavy (non-hydrogen) atoms. The lowest BCUT2D eigenvalue weighted by Gasteiger charge is -2.35. The molecule has 9 nitrogen and oxygen atoms in total.